The van der Waals surface area contributed by atoms with Gasteiger partial charge in [0, 0.05) is 22.8 Å². The molecular formula is C25H27ClN4O3S. The Bertz CT molecular complexity index is 1230. The third kappa shape index (κ3) is 4.74. The van der Waals surface area contributed by atoms with Crippen LogP contribution in [0.5, 0.6) is 11.5 Å². The number of nitrogens with one attached hydrogen (secondary N) is 1. The van der Waals surface area contributed by atoms with Gasteiger partial charge in [0.25, 0.3) is 5.89 Å². The van der Waals surface area contributed by atoms with Crippen molar-refractivity contribution >= 4 is 34.5 Å². The van der Waals surface area contributed by atoms with Gasteiger partial charge in [-0.1, -0.05) is 48.3 Å². The Labute approximate surface area is 209 Å². The highest BCUT2D eigenvalue weighted by atomic mass is 35.5. The van der Waals surface area contributed by atoms with Crippen LogP contribution in [0.2, 0.25) is 5.02 Å². The lowest BCUT2D eigenvalue weighted by molar-refractivity contribution is 0.354. The third-order valence-corrected chi connectivity index (χ3v) is 6.39. The molecule has 4 rings (SSSR count). The van der Waals surface area contributed by atoms with Gasteiger partial charge in [0.2, 0.25) is 5.82 Å². The number of nitrogens with zero attached hydrogens (tertiary/aromatic N) is 3. The van der Waals surface area contributed by atoms with Gasteiger partial charge in [0.1, 0.15) is 0 Å². The molecule has 2 aromatic carbocycles. The molecule has 1 unspecified atom stereocenters. The molecule has 0 bridgehead atoms. The lowest BCUT2D eigenvalue weighted by Crippen LogP contribution is -2.46. The van der Waals surface area contributed by atoms with Gasteiger partial charge < -0.3 is 24.2 Å². The van der Waals surface area contributed by atoms with E-state index in [0.29, 0.717) is 33.3 Å². The van der Waals surface area contributed by atoms with E-state index in [-0.39, 0.29) is 6.04 Å². The highest BCUT2D eigenvalue weighted by Gasteiger charge is 2.34. The van der Waals surface area contributed by atoms with Crippen LogP contribution < -0.4 is 14.8 Å². The molecule has 1 aliphatic heterocycles. The number of aromatic nitrogens is 2. The molecule has 178 valence electrons. The van der Waals surface area contributed by atoms with Crippen LogP contribution in [0.3, 0.4) is 0 Å². The summed E-state index contributed by atoms with van der Waals surface area (Å²) in [6.45, 7) is 4.99. The maximum Gasteiger partial charge on any atom is 0.258 e. The molecule has 7 nitrogen and oxygen atoms in total. The Hall–Kier alpha value is -3.10. The molecule has 0 radical (unpaired) electrons. The van der Waals surface area contributed by atoms with Crippen LogP contribution in [0.15, 0.2) is 52.7 Å². The number of allylic oxidation sites excluding steroid dienone is 1. The molecule has 0 spiro atoms. The standard InChI is InChI=1S/C25H27ClN4O3S/c1-5-6-12-30-15(2)21(24-28-23(29-33-24)17-8-7-9-18(26)13-17)22(27-25(30)34)16-10-11-19(31-3)20(14-16)32-4/h7-11,13-14,22H,5-6,12H2,1-4H3,(H,27,34). The second-order valence-electron chi connectivity index (χ2n) is 7.93. The van der Waals surface area contributed by atoms with Crippen molar-refractivity contribution < 1.29 is 14.0 Å². The number of hydrogen-bond acceptors (Lipinski definition) is 6. The smallest absolute Gasteiger partial charge is 0.258 e. The van der Waals surface area contributed by atoms with Crippen LogP contribution >= 0.6 is 23.8 Å². The van der Waals surface area contributed by atoms with Gasteiger partial charge >= 0.3 is 0 Å². The van der Waals surface area contributed by atoms with E-state index >= 15 is 0 Å². The van der Waals surface area contributed by atoms with E-state index in [1.807, 2.05) is 49.4 Å². The summed E-state index contributed by atoms with van der Waals surface area (Å²) in [6.07, 6.45) is 2.06. The van der Waals surface area contributed by atoms with Gasteiger partial charge in [0.05, 0.1) is 25.8 Å². The van der Waals surface area contributed by atoms with E-state index in [0.717, 1.165) is 41.8 Å². The first kappa shape index (κ1) is 24.0. The van der Waals surface area contributed by atoms with Gasteiger partial charge in [-0.05, 0) is 55.4 Å². The Balaban J connectivity index is 1.82. The minimum atomic E-state index is -0.308. The quantitative estimate of drug-likeness (QED) is 0.386. The Morgan fingerprint density at radius 2 is 1.94 bits per heavy atom. The van der Waals surface area contributed by atoms with Gasteiger partial charge in [-0.3, -0.25) is 0 Å². The van der Waals surface area contributed by atoms with Gasteiger partial charge in [-0.15, -0.1) is 0 Å². The molecule has 34 heavy (non-hydrogen) atoms. The Morgan fingerprint density at radius 3 is 2.65 bits per heavy atom. The van der Waals surface area contributed by atoms with E-state index in [9.17, 15) is 0 Å². The normalized spacial score (nSPS) is 16.0. The maximum atomic E-state index is 6.16. The van der Waals surface area contributed by atoms with Crippen molar-refractivity contribution in [2.45, 2.75) is 32.7 Å². The molecule has 3 aromatic rings. The van der Waals surface area contributed by atoms with Crippen molar-refractivity contribution in [3.8, 4) is 22.9 Å². The number of ether oxygens (including phenoxy) is 2. The van der Waals surface area contributed by atoms with Gasteiger partial charge in [-0.2, -0.15) is 4.98 Å². The highest BCUT2D eigenvalue weighted by molar-refractivity contribution is 7.80. The molecule has 0 amide bonds. The molecule has 0 saturated carbocycles. The molecule has 1 aliphatic rings. The van der Waals surface area contributed by atoms with E-state index in [2.05, 4.69) is 22.3 Å². The number of hydrogen-bond donors (Lipinski definition) is 1. The lowest BCUT2D eigenvalue weighted by Gasteiger charge is -2.37. The number of methoxy groups -OCH3 is 2. The predicted molar refractivity (Wildman–Crippen MR) is 137 cm³/mol. The number of halogens is 1. The predicted octanol–water partition coefficient (Wildman–Crippen LogP) is 5.87. The molecule has 9 heteroatoms. The van der Waals surface area contributed by atoms with Crippen molar-refractivity contribution in [1.82, 2.24) is 20.4 Å². The second-order valence-corrected chi connectivity index (χ2v) is 8.76. The topological polar surface area (TPSA) is 72.7 Å². The Morgan fingerprint density at radius 1 is 1.15 bits per heavy atom. The molecule has 2 heterocycles. The summed E-state index contributed by atoms with van der Waals surface area (Å²) in [7, 11) is 3.23. The first-order chi connectivity index (χ1) is 16.5. The first-order valence-corrected chi connectivity index (χ1v) is 11.9. The molecule has 1 N–H and O–H groups in total. The summed E-state index contributed by atoms with van der Waals surface area (Å²) < 4.78 is 16.7. The molecule has 1 atom stereocenters. The van der Waals surface area contributed by atoms with Crippen molar-refractivity contribution in [1.29, 1.82) is 0 Å². The first-order valence-electron chi connectivity index (χ1n) is 11.1. The van der Waals surface area contributed by atoms with Crippen LogP contribution in [0.4, 0.5) is 0 Å². The van der Waals surface area contributed by atoms with E-state index in [4.69, 9.17) is 42.8 Å². The van der Waals surface area contributed by atoms with E-state index in [1.165, 1.54) is 0 Å². The summed E-state index contributed by atoms with van der Waals surface area (Å²) in [5.74, 6) is 2.17. The SMILES string of the molecule is CCCCN1C(=S)NC(c2ccc(OC)c(OC)c2)C(c2nc(-c3cccc(Cl)c3)no2)=C1C. The van der Waals surface area contributed by atoms with Crippen LogP contribution in [0.1, 0.15) is 44.2 Å². The summed E-state index contributed by atoms with van der Waals surface area (Å²) in [5.41, 5.74) is 3.55. The van der Waals surface area contributed by atoms with Crippen LogP contribution in [0, 0.1) is 0 Å². The lowest BCUT2D eigenvalue weighted by atomic mass is 9.94. The van der Waals surface area contributed by atoms with E-state index < -0.39 is 0 Å². The zero-order valence-electron chi connectivity index (χ0n) is 19.6. The summed E-state index contributed by atoms with van der Waals surface area (Å²) in [4.78, 5) is 6.82. The fraction of sp³-hybridized carbons (Fsp3) is 0.320. The zero-order valence-corrected chi connectivity index (χ0v) is 21.2. The minimum Gasteiger partial charge on any atom is -0.493 e. The average Bonchev–Trinajstić information content (AvgIpc) is 3.33. The third-order valence-electron chi connectivity index (χ3n) is 5.81. The number of benzene rings is 2. The Kier molecular flexibility index (Phi) is 7.38. The fourth-order valence-electron chi connectivity index (χ4n) is 4.00. The van der Waals surface area contributed by atoms with E-state index in [1.54, 1.807) is 14.2 Å². The molecule has 1 aromatic heterocycles. The van der Waals surface area contributed by atoms with Crippen molar-refractivity contribution in [3.05, 3.63) is 64.6 Å². The monoisotopic (exact) mass is 498 g/mol. The van der Waals surface area contributed by atoms with Crippen LogP contribution in [0.25, 0.3) is 17.0 Å². The van der Waals surface area contributed by atoms with Crippen LogP contribution in [-0.4, -0.2) is 40.9 Å². The minimum absolute atomic E-state index is 0.308. The van der Waals surface area contributed by atoms with Crippen molar-refractivity contribution in [2.24, 2.45) is 0 Å². The number of thiocarbonyl (C=S) groups is 1. The second kappa shape index (κ2) is 10.4. The zero-order chi connectivity index (χ0) is 24.2. The molecule has 0 saturated heterocycles. The van der Waals surface area contributed by atoms with Crippen LogP contribution in [-0.2, 0) is 0 Å². The molecule has 0 fully saturated rings. The van der Waals surface area contributed by atoms with Gasteiger partial charge in [0.15, 0.2) is 16.6 Å². The number of rotatable bonds is 8. The molecule has 0 aliphatic carbocycles. The number of unbranched alkanes of at least 4 members (excludes halogenated alkanes) is 1. The molecular weight excluding hydrogens is 472 g/mol. The maximum absolute atomic E-state index is 6.16. The highest BCUT2D eigenvalue weighted by Crippen LogP contribution is 2.40. The summed E-state index contributed by atoms with van der Waals surface area (Å²) in [6, 6.07) is 12.9. The summed E-state index contributed by atoms with van der Waals surface area (Å²) >= 11 is 11.9. The van der Waals surface area contributed by atoms with Gasteiger partial charge in [-0.25, -0.2) is 0 Å². The summed E-state index contributed by atoms with van der Waals surface area (Å²) in [5, 5.41) is 8.97. The van der Waals surface area contributed by atoms with Crippen molar-refractivity contribution in [3.63, 3.8) is 0 Å². The fourth-order valence-corrected chi connectivity index (χ4v) is 4.54. The largest absolute Gasteiger partial charge is 0.493 e. The van der Waals surface area contributed by atoms with Crippen molar-refractivity contribution in [2.75, 3.05) is 20.8 Å². The average molecular weight is 499 g/mol.